The molecule has 1 N–H and O–H groups in total. The average Bonchev–Trinajstić information content (AvgIpc) is 2.93. The van der Waals surface area contributed by atoms with Crippen molar-refractivity contribution in [3.8, 4) is 11.5 Å². The second kappa shape index (κ2) is 6.53. The van der Waals surface area contributed by atoms with Gasteiger partial charge in [-0.2, -0.15) is 0 Å². The highest BCUT2D eigenvalue weighted by Crippen LogP contribution is 2.64. The van der Waals surface area contributed by atoms with E-state index in [1.54, 1.807) is 25.3 Å². The summed E-state index contributed by atoms with van der Waals surface area (Å²) >= 11 is 0. The van der Waals surface area contributed by atoms with Gasteiger partial charge in [-0.1, -0.05) is 19.9 Å². The van der Waals surface area contributed by atoms with E-state index in [9.17, 15) is 13.2 Å². The number of carbonyl (C=O) groups excluding carboxylic acids is 1. The Hall–Kier alpha value is -1.60. The molecule has 0 saturated heterocycles. The van der Waals surface area contributed by atoms with Crippen molar-refractivity contribution in [2.75, 3.05) is 20.0 Å². The predicted octanol–water partition coefficient (Wildman–Crippen LogP) is 2.52. The summed E-state index contributed by atoms with van der Waals surface area (Å²) in [5.41, 5.74) is -0.242. The van der Waals surface area contributed by atoms with Crippen LogP contribution in [0.4, 0.5) is 0 Å². The summed E-state index contributed by atoms with van der Waals surface area (Å²) in [5.74, 6) is 1.42. The number of ether oxygens (including phenoxy) is 2. The number of sulfonamides is 1. The van der Waals surface area contributed by atoms with E-state index >= 15 is 0 Å². The molecule has 144 valence electrons. The van der Waals surface area contributed by atoms with Crippen molar-refractivity contribution in [1.29, 1.82) is 0 Å². The summed E-state index contributed by atoms with van der Waals surface area (Å²) in [5, 5.41) is 0. The van der Waals surface area contributed by atoms with Gasteiger partial charge in [-0.25, -0.2) is 13.1 Å². The molecule has 0 unspecified atom stereocenters. The van der Waals surface area contributed by atoms with Crippen LogP contribution in [0.25, 0.3) is 0 Å². The second-order valence-corrected chi connectivity index (χ2v) is 9.74. The lowest BCUT2D eigenvalue weighted by Crippen LogP contribution is -2.45. The zero-order valence-electron chi connectivity index (χ0n) is 15.8. The first kappa shape index (κ1) is 19.2. The van der Waals surface area contributed by atoms with Crippen LogP contribution in [0.2, 0.25) is 0 Å². The van der Waals surface area contributed by atoms with Crippen LogP contribution in [0.3, 0.4) is 0 Å². The topological polar surface area (TPSA) is 81.7 Å². The number of carbonyl (C=O) groups is 1. The molecule has 0 spiro atoms. The number of rotatable bonds is 7. The Morgan fingerprint density at radius 1 is 1.19 bits per heavy atom. The zero-order valence-corrected chi connectivity index (χ0v) is 16.6. The van der Waals surface area contributed by atoms with Crippen molar-refractivity contribution in [2.45, 2.75) is 39.7 Å². The van der Waals surface area contributed by atoms with E-state index in [2.05, 4.69) is 4.72 Å². The molecule has 0 amide bonds. The lowest BCUT2D eigenvalue weighted by Gasteiger charge is -2.36. The number of hydrogen-bond acceptors (Lipinski definition) is 5. The number of benzene rings is 1. The van der Waals surface area contributed by atoms with Crippen molar-refractivity contribution in [1.82, 2.24) is 4.72 Å². The van der Waals surface area contributed by atoms with E-state index in [0.29, 0.717) is 30.3 Å². The second-order valence-electron chi connectivity index (χ2n) is 7.94. The Labute approximate surface area is 155 Å². The molecule has 2 saturated carbocycles. The molecular weight excluding hydrogens is 354 g/mol. The SMILES string of the molecule is COc1ccc(CNS(=O)(=O)C[C@]23CC[C@H](CC2=O)C3(C)C)cc1OC. The van der Waals surface area contributed by atoms with Gasteiger partial charge in [0.1, 0.15) is 5.78 Å². The van der Waals surface area contributed by atoms with E-state index in [4.69, 9.17) is 9.47 Å². The highest BCUT2D eigenvalue weighted by atomic mass is 32.2. The quantitative estimate of drug-likeness (QED) is 0.785. The normalized spacial score (nSPS) is 26.9. The number of Topliss-reactive ketones (excluding diaryl/α,β-unsaturated/α-hetero) is 1. The van der Waals surface area contributed by atoms with Crippen LogP contribution in [0.15, 0.2) is 18.2 Å². The van der Waals surface area contributed by atoms with Crippen LogP contribution in [0.5, 0.6) is 11.5 Å². The molecule has 2 aliphatic rings. The lowest BCUT2D eigenvalue weighted by molar-refractivity contribution is -0.128. The molecule has 2 bridgehead atoms. The molecule has 0 aliphatic heterocycles. The highest BCUT2D eigenvalue weighted by molar-refractivity contribution is 7.89. The van der Waals surface area contributed by atoms with Gasteiger partial charge in [0, 0.05) is 18.4 Å². The monoisotopic (exact) mass is 381 g/mol. The zero-order chi connectivity index (χ0) is 19.2. The highest BCUT2D eigenvalue weighted by Gasteiger charge is 2.65. The molecule has 7 heteroatoms. The summed E-state index contributed by atoms with van der Waals surface area (Å²) in [6.45, 7) is 4.23. The third kappa shape index (κ3) is 3.01. The van der Waals surface area contributed by atoms with Gasteiger partial charge in [0.15, 0.2) is 11.5 Å². The standard InChI is InChI=1S/C19H27NO5S/c1-18(2)14-7-8-19(18,17(21)10-14)12-26(22,23)20-11-13-5-6-15(24-3)16(9-13)25-4/h5-6,9,14,20H,7-8,10-12H2,1-4H3/t14-,19-/m1/s1. The fourth-order valence-corrected chi connectivity index (χ4v) is 6.48. The van der Waals surface area contributed by atoms with Crippen LogP contribution >= 0.6 is 0 Å². The molecule has 2 atom stereocenters. The van der Waals surface area contributed by atoms with Gasteiger partial charge in [-0.05, 0) is 41.9 Å². The molecular formula is C19H27NO5S. The molecule has 6 nitrogen and oxygen atoms in total. The third-order valence-electron chi connectivity index (χ3n) is 6.52. The van der Waals surface area contributed by atoms with E-state index in [0.717, 1.165) is 12.0 Å². The molecule has 2 aliphatic carbocycles. The van der Waals surface area contributed by atoms with E-state index in [1.807, 2.05) is 13.8 Å². The number of hydrogen-bond donors (Lipinski definition) is 1. The Morgan fingerprint density at radius 3 is 2.42 bits per heavy atom. The smallest absolute Gasteiger partial charge is 0.212 e. The van der Waals surface area contributed by atoms with Gasteiger partial charge in [-0.15, -0.1) is 0 Å². The minimum absolute atomic E-state index is 0.107. The first-order valence-corrected chi connectivity index (χ1v) is 10.5. The fourth-order valence-electron chi connectivity index (χ4n) is 4.67. The van der Waals surface area contributed by atoms with Crippen molar-refractivity contribution < 1.29 is 22.7 Å². The Morgan fingerprint density at radius 2 is 1.88 bits per heavy atom. The average molecular weight is 381 g/mol. The largest absolute Gasteiger partial charge is 0.493 e. The summed E-state index contributed by atoms with van der Waals surface area (Å²) < 4.78 is 38.6. The summed E-state index contributed by atoms with van der Waals surface area (Å²) in [6.07, 6.45) is 2.11. The Kier molecular flexibility index (Phi) is 4.82. The van der Waals surface area contributed by atoms with Crippen molar-refractivity contribution in [3.63, 3.8) is 0 Å². The number of methoxy groups -OCH3 is 2. The molecule has 1 aromatic rings. The van der Waals surface area contributed by atoms with E-state index in [-0.39, 0.29) is 23.5 Å². The first-order chi connectivity index (χ1) is 12.1. The van der Waals surface area contributed by atoms with Crippen LogP contribution < -0.4 is 14.2 Å². The maximum atomic E-state index is 12.7. The molecule has 3 rings (SSSR count). The van der Waals surface area contributed by atoms with Gasteiger partial charge in [0.05, 0.1) is 20.0 Å². The van der Waals surface area contributed by atoms with Crippen LogP contribution in [-0.4, -0.2) is 34.2 Å². The Balaban J connectivity index is 1.73. The van der Waals surface area contributed by atoms with Crippen molar-refractivity contribution >= 4 is 15.8 Å². The van der Waals surface area contributed by atoms with Gasteiger partial charge < -0.3 is 9.47 Å². The van der Waals surface area contributed by atoms with Crippen molar-refractivity contribution in [2.24, 2.45) is 16.7 Å². The molecule has 0 aromatic heterocycles. The summed E-state index contributed by atoms with van der Waals surface area (Å²) in [6, 6.07) is 5.28. The number of nitrogens with one attached hydrogen (secondary N) is 1. The lowest BCUT2D eigenvalue weighted by atomic mass is 9.70. The van der Waals surface area contributed by atoms with Crippen LogP contribution in [0, 0.1) is 16.7 Å². The van der Waals surface area contributed by atoms with Gasteiger partial charge in [0.2, 0.25) is 10.0 Å². The summed E-state index contributed by atoms with van der Waals surface area (Å²) in [4.78, 5) is 12.6. The minimum Gasteiger partial charge on any atom is -0.493 e. The maximum Gasteiger partial charge on any atom is 0.212 e. The van der Waals surface area contributed by atoms with Crippen molar-refractivity contribution in [3.05, 3.63) is 23.8 Å². The fraction of sp³-hybridized carbons (Fsp3) is 0.632. The van der Waals surface area contributed by atoms with E-state index < -0.39 is 15.4 Å². The van der Waals surface area contributed by atoms with Crippen LogP contribution in [-0.2, 0) is 21.4 Å². The Bertz CT molecular complexity index is 817. The molecule has 1 aromatic carbocycles. The number of fused-ring (bicyclic) bond motifs is 2. The van der Waals surface area contributed by atoms with Gasteiger partial charge in [0.25, 0.3) is 0 Å². The van der Waals surface area contributed by atoms with Gasteiger partial charge >= 0.3 is 0 Å². The number of ketones is 1. The maximum absolute atomic E-state index is 12.7. The summed E-state index contributed by atoms with van der Waals surface area (Å²) in [7, 11) is -0.502. The van der Waals surface area contributed by atoms with E-state index in [1.165, 1.54) is 7.11 Å². The first-order valence-electron chi connectivity index (χ1n) is 8.87. The van der Waals surface area contributed by atoms with Gasteiger partial charge in [-0.3, -0.25) is 4.79 Å². The minimum atomic E-state index is -3.59. The third-order valence-corrected chi connectivity index (χ3v) is 7.98. The van der Waals surface area contributed by atoms with Crippen LogP contribution in [0.1, 0.15) is 38.7 Å². The molecule has 0 radical (unpaired) electrons. The molecule has 26 heavy (non-hydrogen) atoms. The predicted molar refractivity (Wildman–Crippen MR) is 98.7 cm³/mol. The molecule has 0 heterocycles. The molecule has 2 fully saturated rings.